The third-order valence-electron chi connectivity index (χ3n) is 2.97. The molecule has 2 rings (SSSR count). The van der Waals surface area contributed by atoms with E-state index in [2.05, 4.69) is 36.5 Å². The van der Waals surface area contributed by atoms with E-state index in [9.17, 15) is 0 Å². The zero-order chi connectivity index (χ0) is 10.9. The van der Waals surface area contributed by atoms with Crippen LogP contribution in [0.3, 0.4) is 0 Å². The van der Waals surface area contributed by atoms with Gasteiger partial charge in [-0.15, -0.1) is 11.3 Å². The SMILES string of the molecule is CC(C)(C)c1csc(CNC2CCC2)n1. The number of aromatic nitrogens is 1. The summed E-state index contributed by atoms with van der Waals surface area (Å²) in [6, 6.07) is 0.756. The van der Waals surface area contributed by atoms with Gasteiger partial charge in [0.25, 0.3) is 0 Å². The summed E-state index contributed by atoms with van der Waals surface area (Å²) in [6.07, 6.45) is 4.08. The summed E-state index contributed by atoms with van der Waals surface area (Å²) in [5.74, 6) is 0. The Balaban J connectivity index is 1.89. The monoisotopic (exact) mass is 224 g/mol. The summed E-state index contributed by atoms with van der Waals surface area (Å²) in [7, 11) is 0. The minimum atomic E-state index is 0.186. The van der Waals surface area contributed by atoms with Crippen LogP contribution in [0.2, 0.25) is 0 Å². The molecule has 1 aromatic heterocycles. The number of hydrogen-bond donors (Lipinski definition) is 1. The molecule has 0 amide bonds. The Morgan fingerprint density at radius 2 is 2.20 bits per heavy atom. The number of rotatable bonds is 3. The molecule has 0 spiro atoms. The maximum Gasteiger partial charge on any atom is 0.107 e. The molecule has 84 valence electrons. The molecular formula is C12H20N2S. The summed E-state index contributed by atoms with van der Waals surface area (Å²) in [4.78, 5) is 4.67. The van der Waals surface area contributed by atoms with Crippen molar-refractivity contribution < 1.29 is 0 Å². The third kappa shape index (κ3) is 2.79. The zero-order valence-electron chi connectivity index (χ0n) is 9.84. The molecule has 0 unspecified atom stereocenters. The van der Waals surface area contributed by atoms with E-state index in [0.717, 1.165) is 12.6 Å². The molecule has 0 aromatic carbocycles. The summed E-state index contributed by atoms with van der Waals surface area (Å²) in [5, 5.41) is 6.97. The Kier molecular flexibility index (Phi) is 3.12. The van der Waals surface area contributed by atoms with Crippen molar-refractivity contribution in [3.8, 4) is 0 Å². The standard InChI is InChI=1S/C12H20N2S/c1-12(2,3)10-8-15-11(14-10)7-13-9-5-4-6-9/h8-9,13H,4-7H2,1-3H3. The first-order valence-electron chi connectivity index (χ1n) is 5.74. The maximum absolute atomic E-state index is 4.67. The van der Waals surface area contributed by atoms with Crippen molar-refractivity contribution in [1.29, 1.82) is 0 Å². The lowest BCUT2D eigenvalue weighted by Crippen LogP contribution is -2.34. The quantitative estimate of drug-likeness (QED) is 0.853. The smallest absolute Gasteiger partial charge is 0.107 e. The van der Waals surface area contributed by atoms with Crippen molar-refractivity contribution >= 4 is 11.3 Å². The normalized spacial score (nSPS) is 17.8. The molecule has 3 heteroatoms. The minimum absolute atomic E-state index is 0.186. The van der Waals surface area contributed by atoms with E-state index in [1.807, 2.05) is 0 Å². The second-order valence-electron chi connectivity index (χ2n) is 5.39. The zero-order valence-corrected chi connectivity index (χ0v) is 10.7. The lowest BCUT2D eigenvalue weighted by molar-refractivity contribution is 0.338. The highest BCUT2D eigenvalue weighted by molar-refractivity contribution is 7.09. The van der Waals surface area contributed by atoms with Crippen molar-refractivity contribution in [2.45, 2.75) is 58.0 Å². The summed E-state index contributed by atoms with van der Waals surface area (Å²) in [6.45, 7) is 7.59. The van der Waals surface area contributed by atoms with Gasteiger partial charge in [-0.05, 0) is 12.8 Å². The van der Waals surface area contributed by atoms with E-state index in [4.69, 9.17) is 0 Å². The van der Waals surface area contributed by atoms with Crippen molar-refractivity contribution in [1.82, 2.24) is 10.3 Å². The summed E-state index contributed by atoms with van der Waals surface area (Å²) >= 11 is 1.78. The molecule has 2 nitrogen and oxygen atoms in total. The lowest BCUT2D eigenvalue weighted by atomic mass is 9.93. The van der Waals surface area contributed by atoms with Gasteiger partial charge >= 0.3 is 0 Å². The van der Waals surface area contributed by atoms with Crippen LogP contribution >= 0.6 is 11.3 Å². The highest BCUT2D eigenvalue weighted by Crippen LogP contribution is 2.24. The molecule has 1 aliphatic carbocycles. The Labute approximate surface area is 96.1 Å². The fraction of sp³-hybridized carbons (Fsp3) is 0.750. The summed E-state index contributed by atoms with van der Waals surface area (Å²) < 4.78 is 0. The Morgan fingerprint density at radius 3 is 2.67 bits per heavy atom. The Hall–Kier alpha value is -0.410. The van der Waals surface area contributed by atoms with Gasteiger partial charge in [0.05, 0.1) is 5.69 Å². The van der Waals surface area contributed by atoms with Gasteiger partial charge < -0.3 is 5.32 Å². The second kappa shape index (κ2) is 4.22. The minimum Gasteiger partial charge on any atom is -0.308 e. The van der Waals surface area contributed by atoms with Gasteiger partial charge in [-0.2, -0.15) is 0 Å². The first-order valence-corrected chi connectivity index (χ1v) is 6.62. The van der Waals surface area contributed by atoms with Crippen LogP contribution in [-0.2, 0) is 12.0 Å². The van der Waals surface area contributed by atoms with E-state index in [-0.39, 0.29) is 5.41 Å². The highest BCUT2D eigenvalue weighted by Gasteiger charge is 2.19. The van der Waals surface area contributed by atoms with E-state index in [0.29, 0.717) is 0 Å². The molecule has 0 atom stereocenters. The van der Waals surface area contributed by atoms with Gasteiger partial charge in [0.1, 0.15) is 5.01 Å². The molecule has 1 heterocycles. The van der Waals surface area contributed by atoms with Gasteiger partial charge in [-0.3, -0.25) is 0 Å². The van der Waals surface area contributed by atoms with Crippen LogP contribution in [0.4, 0.5) is 0 Å². The van der Waals surface area contributed by atoms with Crippen molar-refractivity contribution in [2.75, 3.05) is 0 Å². The number of hydrogen-bond acceptors (Lipinski definition) is 3. The molecular weight excluding hydrogens is 204 g/mol. The van der Waals surface area contributed by atoms with Crippen LogP contribution in [0.15, 0.2) is 5.38 Å². The average molecular weight is 224 g/mol. The fourth-order valence-corrected chi connectivity index (χ4v) is 2.55. The first-order chi connectivity index (χ1) is 7.05. The highest BCUT2D eigenvalue weighted by atomic mass is 32.1. The number of thiazole rings is 1. The largest absolute Gasteiger partial charge is 0.308 e. The van der Waals surface area contributed by atoms with E-state index >= 15 is 0 Å². The van der Waals surface area contributed by atoms with Crippen LogP contribution < -0.4 is 5.32 Å². The molecule has 1 aromatic rings. The Bertz CT molecular complexity index is 321. The summed E-state index contributed by atoms with van der Waals surface area (Å²) in [5.41, 5.74) is 1.41. The van der Waals surface area contributed by atoms with E-state index in [1.54, 1.807) is 11.3 Å². The van der Waals surface area contributed by atoms with E-state index in [1.165, 1.54) is 30.0 Å². The van der Waals surface area contributed by atoms with Crippen LogP contribution in [-0.4, -0.2) is 11.0 Å². The van der Waals surface area contributed by atoms with Gasteiger partial charge in [0, 0.05) is 23.4 Å². The molecule has 0 aliphatic heterocycles. The van der Waals surface area contributed by atoms with Crippen LogP contribution in [0.1, 0.15) is 50.7 Å². The molecule has 1 saturated carbocycles. The molecule has 0 bridgehead atoms. The van der Waals surface area contributed by atoms with Crippen molar-refractivity contribution in [2.24, 2.45) is 0 Å². The van der Waals surface area contributed by atoms with Crippen molar-refractivity contribution in [3.05, 3.63) is 16.1 Å². The van der Waals surface area contributed by atoms with Crippen molar-refractivity contribution in [3.63, 3.8) is 0 Å². The average Bonchev–Trinajstić information content (AvgIpc) is 2.48. The first kappa shape index (κ1) is 11.1. The van der Waals surface area contributed by atoms with Crippen LogP contribution in [0.5, 0.6) is 0 Å². The fourth-order valence-electron chi connectivity index (χ4n) is 1.58. The molecule has 1 fully saturated rings. The molecule has 15 heavy (non-hydrogen) atoms. The maximum atomic E-state index is 4.67. The molecule has 0 saturated heterocycles. The second-order valence-corrected chi connectivity index (χ2v) is 6.33. The lowest BCUT2D eigenvalue weighted by Gasteiger charge is -2.26. The molecule has 1 aliphatic rings. The predicted molar refractivity (Wildman–Crippen MR) is 65.3 cm³/mol. The van der Waals surface area contributed by atoms with Crippen LogP contribution in [0.25, 0.3) is 0 Å². The van der Waals surface area contributed by atoms with Crippen LogP contribution in [0, 0.1) is 0 Å². The van der Waals surface area contributed by atoms with Gasteiger partial charge in [0.15, 0.2) is 0 Å². The number of nitrogens with zero attached hydrogens (tertiary/aromatic N) is 1. The third-order valence-corrected chi connectivity index (χ3v) is 3.82. The molecule has 1 N–H and O–H groups in total. The number of nitrogens with one attached hydrogen (secondary N) is 1. The van der Waals surface area contributed by atoms with E-state index < -0.39 is 0 Å². The molecule has 0 radical (unpaired) electrons. The van der Waals surface area contributed by atoms with Gasteiger partial charge in [0.2, 0.25) is 0 Å². The predicted octanol–water partition coefficient (Wildman–Crippen LogP) is 3.08. The topological polar surface area (TPSA) is 24.9 Å². The van der Waals surface area contributed by atoms with Gasteiger partial charge in [-0.25, -0.2) is 4.98 Å². The van der Waals surface area contributed by atoms with Gasteiger partial charge in [-0.1, -0.05) is 27.2 Å². The Morgan fingerprint density at radius 1 is 1.47 bits per heavy atom.